The summed E-state index contributed by atoms with van der Waals surface area (Å²) in [6.07, 6.45) is 2.79. The minimum Gasteiger partial charge on any atom is -0.328 e. The summed E-state index contributed by atoms with van der Waals surface area (Å²) in [5, 5.41) is 0. The van der Waals surface area contributed by atoms with Gasteiger partial charge in [-0.15, -0.1) is 0 Å². The maximum absolute atomic E-state index is 12.6. The Bertz CT molecular complexity index is 227. The Morgan fingerprint density at radius 3 is 1.83 bits per heavy atom. The van der Waals surface area contributed by atoms with E-state index in [2.05, 4.69) is 20.8 Å². The van der Waals surface area contributed by atoms with E-state index in [4.69, 9.17) is 5.73 Å². The molecule has 4 heteroatoms. The quantitative estimate of drug-likeness (QED) is 0.727. The summed E-state index contributed by atoms with van der Waals surface area (Å²) in [5.74, 6) is 0. The van der Waals surface area contributed by atoms with E-state index >= 15 is 0 Å². The van der Waals surface area contributed by atoms with Gasteiger partial charge < -0.3 is 15.5 Å². The number of carbonyl (C=O) groups is 1. The molecule has 0 atom stereocenters. The van der Waals surface area contributed by atoms with Crippen LogP contribution in [0.1, 0.15) is 53.9 Å². The van der Waals surface area contributed by atoms with E-state index in [9.17, 15) is 4.79 Å². The smallest absolute Gasteiger partial charge is 0.320 e. The van der Waals surface area contributed by atoms with Gasteiger partial charge in [-0.2, -0.15) is 0 Å². The molecule has 0 saturated carbocycles. The number of nitrogens with two attached hydrogens (primary N) is 1. The number of rotatable bonds is 8. The second kappa shape index (κ2) is 8.35. The van der Waals surface area contributed by atoms with Gasteiger partial charge in [0.15, 0.2) is 0 Å². The Hall–Kier alpha value is -0.770. The fourth-order valence-corrected chi connectivity index (χ4v) is 2.45. The maximum atomic E-state index is 12.6. The van der Waals surface area contributed by atoms with Gasteiger partial charge in [0.2, 0.25) is 0 Å². The molecule has 4 nitrogen and oxygen atoms in total. The fraction of sp³-hybridized carbons (Fsp3) is 0.929. The predicted molar refractivity (Wildman–Crippen MR) is 77.7 cm³/mol. The molecule has 2 N–H and O–H groups in total. The van der Waals surface area contributed by atoms with Crippen molar-refractivity contribution in [3.8, 4) is 0 Å². The highest BCUT2D eigenvalue weighted by atomic mass is 16.2. The number of nitrogens with zero attached hydrogens (tertiary/aromatic N) is 2. The molecule has 0 fully saturated rings. The van der Waals surface area contributed by atoms with E-state index < -0.39 is 0 Å². The van der Waals surface area contributed by atoms with Gasteiger partial charge in [-0.1, -0.05) is 20.8 Å². The van der Waals surface area contributed by atoms with Crippen LogP contribution in [0.15, 0.2) is 0 Å². The van der Waals surface area contributed by atoms with Crippen molar-refractivity contribution in [3.63, 3.8) is 0 Å². The number of hydrogen-bond acceptors (Lipinski definition) is 2. The highest BCUT2D eigenvalue weighted by Gasteiger charge is 2.36. The van der Waals surface area contributed by atoms with Crippen LogP contribution < -0.4 is 5.73 Å². The summed E-state index contributed by atoms with van der Waals surface area (Å²) in [6, 6.07) is 0.135. The first-order valence-electron chi connectivity index (χ1n) is 7.33. The second-order valence-electron chi connectivity index (χ2n) is 4.74. The van der Waals surface area contributed by atoms with Crippen LogP contribution in [0.3, 0.4) is 0 Å². The zero-order valence-electron chi connectivity index (χ0n) is 12.8. The molecule has 0 rings (SSSR count). The molecule has 0 heterocycles. The van der Waals surface area contributed by atoms with Crippen molar-refractivity contribution in [2.24, 2.45) is 5.73 Å². The average molecular weight is 257 g/mol. The summed E-state index contributed by atoms with van der Waals surface area (Å²) in [5.41, 5.74) is 5.78. The highest BCUT2D eigenvalue weighted by Crippen LogP contribution is 2.24. The normalized spacial score (nSPS) is 11.4. The van der Waals surface area contributed by atoms with Crippen molar-refractivity contribution in [1.82, 2.24) is 9.80 Å². The van der Waals surface area contributed by atoms with E-state index in [-0.39, 0.29) is 11.6 Å². The third-order valence-corrected chi connectivity index (χ3v) is 3.98. The molecule has 0 aliphatic heterocycles. The monoisotopic (exact) mass is 257 g/mol. The maximum Gasteiger partial charge on any atom is 0.320 e. The fourth-order valence-electron chi connectivity index (χ4n) is 2.45. The molecule has 0 spiro atoms. The molecule has 0 aromatic rings. The summed E-state index contributed by atoms with van der Waals surface area (Å²) in [7, 11) is 0. The number of amides is 2. The number of urea groups is 1. The molecule has 0 aliphatic rings. The molecule has 0 bridgehead atoms. The molecular formula is C14H31N3O. The van der Waals surface area contributed by atoms with Gasteiger partial charge >= 0.3 is 6.03 Å². The molecule has 0 aliphatic carbocycles. The predicted octanol–water partition coefficient (Wildman–Crippen LogP) is 2.68. The van der Waals surface area contributed by atoms with Gasteiger partial charge in [0.1, 0.15) is 0 Å². The van der Waals surface area contributed by atoms with E-state index in [0.717, 1.165) is 38.9 Å². The minimum atomic E-state index is -0.185. The lowest BCUT2D eigenvalue weighted by atomic mass is 9.90. The molecule has 0 unspecified atom stereocenters. The summed E-state index contributed by atoms with van der Waals surface area (Å²) >= 11 is 0. The summed E-state index contributed by atoms with van der Waals surface area (Å²) < 4.78 is 0. The lowest BCUT2D eigenvalue weighted by Gasteiger charge is -2.44. The molecule has 108 valence electrons. The van der Waals surface area contributed by atoms with Crippen molar-refractivity contribution in [1.29, 1.82) is 0 Å². The molecule has 0 saturated heterocycles. The first kappa shape index (κ1) is 17.2. The van der Waals surface area contributed by atoms with Crippen LogP contribution in [0.5, 0.6) is 0 Å². The van der Waals surface area contributed by atoms with Crippen LogP contribution in [0, 0.1) is 0 Å². The van der Waals surface area contributed by atoms with Gasteiger partial charge in [-0.05, 0) is 33.1 Å². The Balaban J connectivity index is 5.20. The molecule has 0 aromatic heterocycles. The van der Waals surface area contributed by atoms with Crippen molar-refractivity contribution in [3.05, 3.63) is 0 Å². The van der Waals surface area contributed by atoms with Crippen molar-refractivity contribution >= 4 is 6.03 Å². The zero-order valence-corrected chi connectivity index (χ0v) is 12.8. The molecule has 0 aromatic carbocycles. The highest BCUT2D eigenvalue weighted by molar-refractivity contribution is 5.75. The van der Waals surface area contributed by atoms with Gasteiger partial charge in [0.05, 0.1) is 5.54 Å². The standard InChI is InChI=1S/C14H31N3O/c1-6-11-17(13(18)16(9-4)10-5)14(7-2,8-3)12-15/h6-12,15H2,1-5H3. The third-order valence-electron chi connectivity index (χ3n) is 3.98. The Morgan fingerprint density at radius 1 is 1.06 bits per heavy atom. The second-order valence-corrected chi connectivity index (χ2v) is 4.74. The van der Waals surface area contributed by atoms with Crippen LogP contribution in [-0.2, 0) is 0 Å². The van der Waals surface area contributed by atoms with Gasteiger partial charge in [-0.25, -0.2) is 4.79 Å². The van der Waals surface area contributed by atoms with Crippen molar-refractivity contribution in [2.75, 3.05) is 26.2 Å². The zero-order chi connectivity index (χ0) is 14.2. The first-order valence-corrected chi connectivity index (χ1v) is 7.33. The Labute approximate surface area is 113 Å². The van der Waals surface area contributed by atoms with Crippen molar-refractivity contribution < 1.29 is 4.79 Å². The lowest BCUT2D eigenvalue weighted by Crippen LogP contribution is -2.59. The van der Waals surface area contributed by atoms with E-state index in [1.807, 2.05) is 23.6 Å². The largest absolute Gasteiger partial charge is 0.328 e. The average Bonchev–Trinajstić information content (AvgIpc) is 2.41. The Kier molecular flexibility index (Phi) is 8.00. The van der Waals surface area contributed by atoms with E-state index in [1.165, 1.54) is 0 Å². The van der Waals surface area contributed by atoms with Crippen LogP contribution in [0.4, 0.5) is 4.79 Å². The third kappa shape index (κ3) is 3.61. The molecule has 2 amide bonds. The molecular weight excluding hydrogens is 226 g/mol. The van der Waals surface area contributed by atoms with Crippen LogP contribution in [-0.4, -0.2) is 47.5 Å². The van der Waals surface area contributed by atoms with Crippen LogP contribution >= 0.6 is 0 Å². The SMILES string of the molecule is CCCN(C(=O)N(CC)CC)C(CC)(CC)CN. The summed E-state index contributed by atoms with van der Waals surface area (Å²) in [4.78, 5) is 16.5. The summed E-state index contributed by atoms with van der Waals surface area (Å²) in [6.45, 7) is 13.2. The molecule has 18 heavy (non-hydrogen) atoms. The van der Waals surface area contributed by atoms with Gasteiger partial charge in [-0.3, -0.25) is 0 Å². The number of carbonyl (C=O) groups excluding carboxylic acids is 1. The van der Waals surface area contributed by atoms with Gasteiger partial charge in [0, 0.05) is 26.2 Å². The number of hydrogen-bond donors (Lipinski definition) is 1. The van der Waals surface area contributed by atoms with Gasteiger partial charge in [0.25, 0.3) is 0 Å². The lowest BCUT2D eigenvalue weighted by molar-refractivity contribution is 0.0831. The van der Waals surface area contributed by atoms with E-state index in [0.29, 0.717) is 6.54 Å². The van der Waals surface area contributed by atoms with Crippen LogP contribution in [0.2, 0.25) is 0 Å². The first-order chi connectivity index (χ1) is 8.56. The minimum absolute atomic E-state index is 0.135. The van der Waals surface area contributed by atoms with Crippen molar-refractivity contribution in [2.45, 2.75) is 59.4 Å². The topological polar surface area (TPSA) is 49.6 Å². The Morgan fingerprint density at radius 2 is 1.56 bits per heavy atom. The molecule has 0 radical (unpaired) electrons. The van der Waals surface area contributed by atoms with Crippen LogP contribution in [0.25, 0.3) is 0 Å². The van der Waals surface area contributed by atoms with E-state index in [1.54, 1.807) is 0 Å².